The van der Waals surface area contributed by atoms with Gasteiger partial charge in [-0.3, -0.25) is 4.79 Å². The molecule has 2 saturated carbocycles. The lowest BCUT2D eigenvalue weighted by Gasteiger charge is -2.67. The highest BCUT2D eigenvalue weighted by Gasteiger charge is 2.65. The maximum Gasteiger partial charge on any atom is 0.228 e. The molecule has 39 heavy (non-hydrogen) atoms. The Labute approximate surface area is 239 Å². The highest BCUT2D eigenvalue weighted by molar-refractivity contribution is 5.83. The van der Waals surface area contributed by atoms with E-state index in [4.69, 9.17) is 0 Å². The molecule has 4 heteroatoms. The lowest BCUT2D eigenvalue weighted by molar-refractivity contribution is -0.145. The van der Waals surface area contributed by atoms with Crippen molar-refractivity contribution in [3.63, 3.8) is 0 Å². The Morgan fingerprint density at radius 3 is 2.31 bits per heavy atom. The number of allylic oxidation sites excluding steroid dienone is 4. The number of hydrogen-bond acceptors (Lipinski definition) is 3. The molecule has 2 heterocycles. The lowest BCUT2D eigenvalue weighted by atomic mass is 9.37. The zero-order valence-corrected chi connectivity index (χ0v) is 26.5. The van der Waals surface area contributed by atoms with Crippen molar-refractivity contribution >= 4 is 5.91 Å². The highest BCUT2D eigenvalue weighted by Crippen LogP contribution is 2.72. The van der Waals surface area contributed by atoms with Gasteiger partial charge in [-0.15, -0.1) is 0 Å². The van der Waals surface area contributed by atoms with E-state index in [1.807, 2.05) is 0 Å². The minimum atomic E-state index is -0.262. The van der Waals surface area contributed by atoms with Gasteiger partial charge in [-0.2, -0.15) is 0 Å². The maximum atomic E-state index is 14.0. The molecule has 1 amide bonds. The molecule has 4 fully saturated rings. The molecule has 6 rings (SSSR count). The fourth-order valence-electron chi connectivity index (χ4n) is 11.2. The quantitative estimate of drug-likeness (QED) is 0.400. The number of carbonyl (C=O) groups is 1. The van der Waals surface area contributed by atoms with E-state index in [0.29, 0.717) is 23.2 Å². The van der Waals surface area contributed by atoms with E-state index in [9.17, 15) is 4.79 Å². The monoisotopic (exact) mass is 535 g/mol. The number of likely N-dealkylation sites (N-methyl/N-ethyl adjacent to an activating group) is 1. The van der Waals surface area contributed by atoms with Gasteiger partial charge in [-0.25, -0.2) is 0 Å². The molecule has 0 unspecified atom stereocenters. The molecule has 0 spiro atoms. The SMILES string of the molecule is CN1CCN(C(=O)[C@]2(C)CC[C@]3(C)CC[C@]4(C)C(=C3C2)C=C[C@@H]2[C@@]3(C)CCCNC(C)(C)[C@@H]3CC[C@]24C)CC1. The zero-order valence-electron chi connectivity index (χ0n) is 26.5. The summed E-state index contributed by atoms with van der Waals surface area (Å²) in [6.07, 6.45) is 16.3. The van der Waals surface area contributed by atoms with Crippen LogP contribution < -0.4 is 5.32 Å². The molecule has 0 aromatic heterocycles. The molecule has 6 aliphatic rings. The maximum absolute atomic E-state index is 14.0. The van der Waals surface area contributed by atoms with Gasteiger partial charge in [-0.1, -0.05) is 52.3 Å². The smallest absolute Gasteiger partial charge is 0.228 e. The Morgan fingerprint density at radius 1 is 0.897 bits per heavy atom. The van der Waals surface area contributed by atoms with Gasteiger partial charge < -0.3 is 15.1 Å². The third kappa shape index (κ3) is 3.93. The van der Waals surface area contributed by atoms with E-state index in [1.54, 1.807) is 11.1 Å². The molecule has 7 atom stereocenters. The van der Waals surface area contributed by atoms with E-state index in [2.05, 4.69) is 82.8 Å². The van der Waals surface area contributed by atoms with Crippen LogP contribution in [-0.4, -0.2) is 61.0 Å². The Bertz CT molecular complexity index is 1080. The van der Waals surface area contributed by atoms with Crippen molar-refractivity contribution in [2.24, 2.45) is 38.9 Å². The largest absolute Gasteiger partial charge is 0.340 e. The van der Waals surface area contributed by atoms with Crippen LogP contribution in [-0.2, 0) is 4.79 Å². The summed E-state index contributed by atoms with van der Waals surface area (Å²) in [5.74, 6) is 1.74. The molecule has 2 saturated heterocycles. The number of fused-ring (bicyclic) bond motifs is 6. The summed E-state index contributed by atoms with van der Waals surface area (Å²) in [7, 11) is 2.18. The predicted octanol–water partition coefficient (Wildman–Crippen LogP) is 6.82. The molecule has 218 valence electrons. The molecule has 2 aliphatic heterocycles. The van der Waals surface area contributed by atoms with E-state index in [-0.39, 0.29) is 27.2 Å². The van der Waals surface area contributed by atoms with Crippen LogP contribution in [0.3, 0.4) is 0 Å². The van der Waals surface area contributed by atoms with Crippen LogP contribution in [0.5, 0.6) is 0 Å². The van der Waals surface area contributed by atoms with Gasteiger partial charge >= 0.3 is 0 Å². The molecular weight excluding hydrogens is 478 g/mol. The Balaban J connectivity index is 1.40. The van der Waals surface area contributed by atoms with Gasteiger partial charge in [0.05, 0.1) is 5.41 Å². The topological polar surface area (TPSA) is 35.6 Å². The normalized spacial score (nSPS) is 47.9. The molecule has 0 aromatic rings. The predicted molar refractivity (Wildman–Crippen MR) is 161 cm³/mol. The van der Waals surface area contributed by atoms with Crippen LogP contribution >= 0.6 is 0 Å². The number of amides is 1. The second kappa shape index (κ2) is 8.93. The van der Waals surface area contributed by atoms with Crippen LogP contribution in [0.1, 0.15) is 106 Å². The first-order valence-electron chi connectivity index (χ1n) is 16.3. The van der Waals surface area contributed by atoms with Gasteiger partial charge in [0, 0.05) is 31.7 Å². The second-order valence-corrected chi connectivity index (χ2v) is 16.7. The standard InChI is InChI=1S/C35H57N3O/c1-30(2)27-12-14-35(7)28(33(27,5)13-9-19-36-30)11-10-25-26-24-32(4,29(39)38-22-20-37(8)21-23-38)16-15-31(26,3)17-18-34(25,35)6/h10-11,27-28,36H,9,12-24H2,1-8H3/t27-,28+,31+,32+,33-,34+,35+/m0/s1. The molecule has 1 N–H and O–H groups in total. The first-order valence-corrected chi connectivity index (χ1v) is 16.3. The van der Waals surface area contributed by atoms with Crippen molar-refractivity contribution in [2.75, 3.05) is 39.8 Å². The summed E-state index contributed by atoms with van der Waals surface area (Å²) in [5, 5.41) is 3.94. The van der Waals surface area contributed by atoms with Crippen LogP contribution in [0.15, 0.2) is 23.3 Å². The van der Waals surface area contributed by atoms with Crippen molar-refractivity contribution in [2.45, 2.75) is 112 Å². The number of piperazine rings is 1. The minimum absolute atomic E-state index is 0.189. The van der Waals surface area contributed by atoms with E-state index >= 15 is 0 Å². The number of nitrogens with zero attached hydrogens (tertiary/aromatic N) is 2. The van der Waals surface area contributed by atoms with Gasteiger partial charge in [0.1, 0.15) is 0 Å². The minimum Gasteiger partial charge on any atom is -0.340 e. The fourth-order valence-corrected chi connectivity index (χ4v) is 11.2. The Kier molecular flexibility index (Phi) is 6.42. The summed E-state index contributed by atoms with van der Waals surface area (Å²) in [6.45, 7) is 22.7. The van der Waals surface area contributed by atoms with Crippen LogP contribution in [0.4, 0.5) is 0 Å². The zero-order chi connectivity index (χ0) is 28.1. The summed E-state index contributed by atoms with van der Waals surface area (Å²) < 4.78 is 0. The van der Waals surface area contributed by atoms with E-state index in [0.717, 1.165) is 52.0 Å². The average molecular weight is 536 g/mol. The van der Waals surface area contributed by atoms with Crippen molar-refractivity contribution in [3.05, 3.63) is 23.3 Å². The van der Waals surface area contributed by atoms with Gasteiger partial charge in [-0.05, 0) is 124 Å². The lowest BCUT2D eigenvalue weighted by Crippen LogP contribution is -2.62. The van der Waals surface area contributed by atoms with Crippen molar-refractivity contribution in [3.8, 4) is 0 Å². The number of rotatable bonds is 1. The summed E-state index contributed by atoms with van der Waals surface area (Å²) >= 11 is 0. The molecular formula is C35H57N3O. The number of carbonyl (C=O) groups excluding carboxylic acids is 1. The van der Waals surface area contributed by atoms with Crippen molar-refractivity contribution in [1.82, 2.24) is 15.1 Å². The van der Waals surface area contributed by atoms with E-state index in [1.165, 1.54) is 38.5 Å². The van der Waals surface area contributed by atoms with Gasteiger partial charge in [0.25, 0.3) is 0 Å². The highest BCUT2D eigenvalue weighted by atomic mass is 16.2. The second-order valence-electron chi connectivity index (χ2n) is 16.7. The molecule has 0 radical (unpaired) electrons. The average Bonchev–Trinajstić information content (AvgIpc) is 3.00. The Hall–Kier alpha value is -1.13. The third-order valence-corrected chi connectivity index (χ3v) is 14.1. The summed E-state index contributed by atoms with van der Waals surface area (Å²) in [4.78, 5) is 18.6. The first kappa shape index (κ1) is 28.0. The Morgan fingerprint density at radius 2 is 1.59 bits per heavy atom. The number of nitrogens with one attached hydrogen (secondary N) is 1. The van der Waals surface area contributed by atoms with Crippen LogP contribution in [0.25, 0.3) is 0 Å². The fraction of sp³-hybridized carbons (Fsp3) is 0.857. The summed E-state index contributed by atoms with van der Waals surface area (Å²) in [6, 6.07) is 0. The van der Waals surface area contributed by atoms with Crippen molar-refractivity contribution < 1.29 is 4.79 Å². The summed E-state index contributed by atoms with van der Waals surface area (Å²) in [5.41, 5.74) is 4.26. The van der Waals surface area contributed by atoms with Crippen LogP contribution in [0.2, 0.25) is 0 Å². The van der Waals surface area contributed by atoms with Crippen LogP contribution in [0, 0.1) is 38.9 Å². The molecule has 4 nitrogen and oxygen atoms in total. The van der Waals surface area contributed by atoms with Crippen molar-refractivity contribution in [1.29, 1.82) is 0 Å². The molecule has 0 bridgehead atoms. The number of hydrogen-bond donors (Lipinski definition) is 1. The third-order valence-electron chi connectivity index (χ3n) is 14.1. The van der Waals surface area contributed by atoms with Gasteiger partial charge in [0.2, 0.25) is 5.91 Å². The first-order chi connectivity index (χ1) is 18.2. The van der Waals surface area contributed by atoms with E-state index < -0.39 is 0 Å². The molecule has 0 aromatic carbocycles. The van der Waals surface area contributed by atoms with Gasteiger partial charge in [0.15, 0.2) is 0 Å². The molecule has 4 aliphatic carbocycles.